The molecule has 0 unspecified atom stereocenters. The maximum absolute atomic E-state index is 12.5. The Hall–Kier alpha value is -4.38. The first kappa shape index (κ1) is 20.5. The van der Waals surface area contributed by atoms with Crippen molar-refractivity contribution in [2.75, 3.05) is 0 Å². The first-order valence-corrected chi connectivity index (χ1v) is 10.9. The number of rotatable bonds is 7. The summed E-state index contributed by atoms with van der Waals surface area (Å²) in [6, 6.07) is 32.6. The van der Waals surface area contributed by atoms with Gasteiger partial charge >= 0.3 is 0 Å². The molecular weight excluding hydrogens is 410 g/mol. The van der Waals surface area contributed by atoms with E-state index < -0.39 is 0 Å². The molecule has 0 radical (unpaired) electrons. The fraction of sp³-hybridized carbons (Fsp3) is 0.0714. The molecule has 0 aliphatic heterocycles. The third-order valence-corrected chi connectivity index (χ3v) is 5.57. The highest BCUT2D eigenvalue weighted by molar-refractivity contribution is 6.04. The first-order chi connectivity index (χ1) is 16.3. The summed E-state index contributed by atoms with van der Waals surface area (Å²) in [4.78, 5) is 12.5. The molecule has 0 saturated heterocycles. The number of carbonyl (C=O) groups excluding carboxylic acids is 1. The van der Waals surface area contributed by atoms with Crippen molar-refractivity contribution in [2.45, 2.75) is 13.0 Å². The standard InChI is InChI=1S/C28H23N3O2/c32-26(30-29-20-23-14-9-19-33-23)17-18-31-25-16-8-7-15-24(25)27(21-10-3-1-4-11-21)28(31)22-12-5-2-6-13-22/h1-16,19-20H,17-18H2,(H,30,32). The van der Waals surface area contributed by atoms with Gasteiger partial charge in [0, 0.05) is 29.4 Å². The molecule has 1 amide bonds. The van der Waals surface area contributed by atoms with Gasteiger partial charge < -0.3 is 8.98 Å². The highest BCUT2D eigenvalue weighted by Gasteiger charge is 2.20. The fourth-order valence-corrected chi connectivity index (χ4v) is 4.13. The van der Waals surface area contributed by atoms with E-state index in [1.54, 1.807) is 18.4 Å². The van der Waals surface area contributed by atoms with Crippen LogP contribution in [-0.2, 0) is 11.3 Å². The summed E-state index contributed by atoms with van der Waals surface area (Å²) >= 11 is 0. The molecule has 0 saturated carbocycles. The molecule has 0 aliphatic carbocycles. The summed E-state index contributed by atoms with van der Waals surface area (Å²) in [7, 11) is 0. The second-order valence-electron chi connectivity index (χ2n) is 7.68. The van der Waals surface area contributed by atoms with E-state index in [0.717, 1.165) is 22.3 Å². The van der Waals surface area contributed by atoms with Gasteiger partial charge in [0.15, 0.2) is 0 Å². The molecule has 0 atom stereocenters. The van der Waals surface area contributed by atoms with Crippen LogP contribution in [0.5, 0.6) is 0 Å². The number of hydrazone groups is 1. The fourth-order valence-electron chi connectivity index (χ4n) is 4.13. The maximum Gasteiger partial charge on any atom is 0.241 e. The number of fused-ring (bicyclic) bond motifs is 1. The second kappa shape index (κ2) is 9.40. The Morgan fingerprint density at radius 1 is 0.848 bits per heavy atom. The van der Waals surface area contributed by atoms with Gasteiger partial charge in [0.2, 0.25) is 5.91 Å². The third kappa shape index (κ3) is 4.34. The zero-order valence-electron chi connectivity index (χ0n) is 18.0. The number of carbonyl (C=O) groups is 1. The van der Waals surface area contributed by atoms with E-state index in [-0.39, 0.29) is 5.91 Å². The molecule has 33 heavy (non-hydrogen) atoms. The zero-order chi connectivity index (χ0) is 22.5. The number of furan rings is 1. The van der Waals surface area contributed by atoms with Gasteiger partial charge in [-0.1, -0.05) is 78.9 Å². The number of nitrogens with one attached hydrogen (secondary N) is 1. The van der Waals surface area contributed by atoms with Gasteiger partial charge in [0.1, 0.15) is 5.76 Å². The number of aryl methyl sites for hydroxylation is 1. The number of para-hydroxylation sites is 1. The zero-order valence-corrected chi connectivity index (χ0v) is 18.0. The van der Waals surface area contributed by atoms with Crippen LogP contribution in [0.15, 0.2) is 113 Å². The summed E-state index contributed by atoms with van der Waals surface area (Å²) in [6.07, 6.45) is 3.35. The molecular formula is C28H23N3O2. The lowest BCUT2D eigenvalue weighted by Gasteiger charge is -2.13. The summed E-state index contributed by atoms with van der Waals surface area (Å²) in [6.45, 7) is 0.527. The number of hydrogen-bond donors (Lipinski definition) is 1. The van der Waals surface area contributed by atoms with Crippen LogP contribution in [0.1, 0.15) is 12.2 Å². The van der Waals surface area contributed by atoms with Gasteiger partial charge in [0.25, 0.3) is 0 Å². The largest absolute Gasteiger partial charge is 0.463 e. The Labute approximate surface area is 192 Å². The molecule has 5 nitrogen and oxygen atoms in total. The minimum absolute atomic E-state index is 0.157. The van der Waals surface area contributed by atoms with Crippen molar-refractivity contribution in [3.05, 3.63) is 109 Å². The molecule has 2 aromatic heterocycles. The van der Waals surface area contributed by atoms with Crippen LogP contribution in [-0.4, -0.2) is 16.7 Å². The molecule has 162 valence electrons. The summed E-state index contributed by atoms with van der Waals surface area (Å²) < 4.78 is 7.44. The second-order valence-corrected chi connectivity index (χ2v) is 7.68. The molecule has 0 spiro atoms. The minimum Gasteiger partial charge on any atom is -0.463 e. The summed E-state index contributed by atoms with van der Waals surface area (Å²) in [5.41, 5.74) is 8.24. The molecule has 2 heterocycles. The van der Waals surface area contributed by atoms with Crippen molar-refractivity contribution in [1.82, 2.24) is 9.99 Å². The highest BCUT2D eigenvalue weighted by atomic mass is 16.3. The van der Waals surface area contributed by atoms with Crippen molar-refractivity contribution < 1.29 is 9.21 Å². The van der Waals surface area contributed by atoms with E-state index in [2.05, 4.69) is 69.7 Å². The first-order valence-electron chi connectivity index (χ1n) is 10.9. The molecule has 5 rings (SSSR count). The molecule has 1 N–H and O–H groups in total. The van der Waals surface area contributed by atoms with Crippen LogP contribution < -0.4 is 5.43 Å². The van der Waals surface area contributed by atoms with E-state index in [4.69, 9.17) is 4.42 Å². The van der Waals surface area contributed by atoms with Crippen LogP contribution in [0, 0.1) is 0 Å². The van der Waals surface area contributed by atoms with E-state index in [1.807, 2.05) is 30.3 Å². The SMILES string of the molecule is O=C(CCn1c(-c2ccccc2)c(-c2ccccc2)c2ccccc21)NN=Cc1ccco1. The molecule has 0 bridgehead atoms. The van der Waals surface area contributed by atoms with E-state index in [0.29, 0.717) is 18.7 Å². The van der Waals surface area contributed by atoms with E-state index >= 15 is 0 Å². The van der Waals surface area contributed by atoms with Gasteiger partial charge in [0.05, 0.1) is 18.2 Å². The third-order valence-electron chi connectivity index (χ3n) is 5.57. The van der Waals surface area contributed by atoms with Gasteiger partial charge in [-0.3, -0.25) is 4.79 Å². The van der Waals surface area contributed by atoms with Crippen LogP contribution >= 0.6 is 0 Å². The Morgan fingerprint density at radius 3 is 2.27 bits per heavy atom. The lowest BCUT2D eigenvalue weighted by atomic mass is 9.98. The summed E-state index contributed by atoms with van der Waals surface area (Å²) in [5, 5.41) is 5.16. The monoisotopic (exact) mass is 433 g/mol. The maximum atomic E-state index is 12.5. The van der Waals surface area contributed by atoms with Crippen molar-refractivity contribution >= 4 is 23.0 Å². The number of amides is 1. The number of benzene rings is 3. The Bertz CT molecular complexity index is 1390. The normalized spacial score (nSPS) is 11.3. The molecule has 0 fully saturated rings. The van der Waals surface area contributed by atoms with E-state index in [9.17, 15) is 4.79 Å². The van der Waals surface area contributed by atoms with Crippen molar-refractivity contribution in [2.24, 2.45) is 5.10 Å². The molecule has 5 aromatic rings. The predicted molar refractivity (Wildman–Crippen MR) is 132 cm³/mol. The van der Waals surface area contributed by atoms with Gasteiger partial charge in [-0.2, -0.15) is 5.10 Å². The lowest BCUT2D eigenvalue weighted by molar-refractivity contribution is -0.121. The number of aromatic nitrogens is 1. The highest BCUT2D eigenvalue weighted by Crippen LogP contribution is 2.40. The smallest absolute Gasteiger partial charge is 0.241 e. The molecule has 0 aliphatic rings. The number of nitrogens with zero attached hydrogens (tertiary/aromatic N) is 2. The van der Waals surface area contributed by atoms with Crippen LogP contribution in [0.25, 0.3) is 33.3 Å². The van der Waals surface area contributed by atoms with Crippen LogP contribution in [0.2, 0.25) is 0 Å². The van der Waals surface area contributed by atoms with Gasteiger partial charge in [-0.15, -0.1) is 0 Å². The van der Waals surface area contributed by atoms with Crippen molar-refractivity contribution in [3.8, 4) is 22.4 Å². The topological polar surface area (TPSA) is 59.5 Å². The Kier molecular flexibility index (Phi) is 5.85. The lowest BCUT2D eigenvalue weighted by Crippen LogP contribution is -2.19. The van der Waals surface area contributed by atoms with Crippen molar-refractivity contribution in [3.63, 3.8) is 0 Å². The van der Waals surface area contributed by atoms with E-state index in [1.165, 1.54) is 17.2 Å². The van der Waals surface area contributed by atoms with Gasteiger partial charge in [-0.05, 0) is 29.3 Å². The number of hydrogen-bond acceptors (Lipinski definition) is 3. The van der Waals surface area contributed by atoms with Crippen LogP contribution in [0.3, 0.4) is 0 Å². The van der Waals surface area contributed by atoms with Crippen molar-refractivity contribution in [1.29, 1.82) is 0 Å². The Morgan fingerprint density at radius 2 is 1.55 bits per heavy atom. The average molecular weight is 434 g/mol. The Balaban J connectivity index is 1.52. The quantitative estimate of drug-likeness (QED) is 0.249. The molecule has 3 aromatic carbocycles. The van der Waals surface area contributed by atoms with Crippen LogP contribution in [0.4, 0.5) is 0 Å². The van der Waals surface area contributed by atoms with Gasteiger partial charge in [-0.25, -0.2) is 5.43 Å². The average Bonchev–Trinajstić information content (AvgIpc) is 3.50. The summed E-state index contributed by atoms with van der Waals surface area (Å²) in [5.74, 6) is 0.432. The molecule has 5 heteroatoms. The minimum atomic E-state index is -0.157. The predicted octanol–water partition coefficient (Wildman–Crippen LogP) is 6.11.